The van der Waals surface area contributed by atoms with Gasteiger partial charge in [-0.2, -0.15) is 0 Å². The van der Waals surface area contributed by atoms with Crippen molar-refractivity contribution in [3.05, 3.63) is 12.2 Å². The van der Waals surface area contributed by atoms with Crippen molar-refractivity contribution in [1.82, 2.24) is 10.2 Å². The third-order valence-corrected chi connectivity index (χ3v) is 3.93. The van der Waals surface area contributed by atoms with Gasteiger partial charge in [0.1, 0.15) is 0 Å². The van der Waals surface area contributed by atoms with Gasteiger partial charge in [0.05, 0.1) is 5.92 Å². The molecule has 18 heavy (non-hydrogen) atoms. The van der Waals surface area contributed by atoms with Crippen LogP contribution >= 0.6 is 0 Å². The highest BCUT2D eigenvalue weighted by atomic mass is 16.4. The summed E-state index contributed by atoms with van der Waals surface area (Å²) in [6.07, 6.45) is 7.60. The van der Waals surface area contributed by atoms with Crippen molar-refractivity contribution in [3.63, 3.8) is 0 Å². The van der Waals surface area contributed by atoms with Gasteiger partial charge >= 0.3 is 12.0 Å². The lowest BCUT2D eigenvalue weighted by atomic mass is 10.0. The third-order valence-electron chi connectivity index (χ3n) is 3.93. The van der Waals surface area contributed by atoms with Crippen LogP contribution < -0.4 is 5.32 Å². The van der Waals surface area contributed by atoms with Crippen molar-refractivity contribution >= 4 is 12.0 Å². The van der Waals surface area contributed by atoms with E-state index in [9.17, 15) is 9.59 Å². The summed E-state index contributed by atoms with van der Waals surface area (Å²) in [5.41, 5.74) is 0. The normalized spacial score (nSPS) is 31.4. The van der Waals surface area contributed by atoms with Gasteiger partial charge in [0.2, 0.25) is 0 Å². The highest BCUT2D eigenvalue weighted by molar-refractivity contribution is 5.78. The second kappa shape index (κ2) is 5.42. The second-order valence-electron chi connectivity index (χ2n) is 5.10. The molecule has 0 aromatic carbocycles. The molecular weight excluding hydrogens is 232 g/mol. The van der Waals surface area contributed by atoms with Gasteiger partial charge in [-0.3, -0.25) is 4.79 Å². The SMILES string of the molecule is CC1C(C(=O)O)CCN1C(=O)NC1CC=CCC1. The van der Waals surface area contributed by atoms with Crippen LogP contribution in [0.5, 0.6) is 0 Å². The van der Waals surface area contributed by atoms with Crippen LogP contribution in [0.15, 0.2) is 12.2 Å². The van der Waals surface area contributed by atoms with Crippen LogP contribution in [-0.4, -0.2) is 40.6 Å². The number of likely N-dealkylation sites (tertiary alicyclic amines) is 1. The van der Waals surface area contributed by atoms with Crippen molar-refractivity contribution in [1.29, 1.82) is 0 Å². The van der Waals surface area contributed by atoms with Crippen molar-refractivity contribution in [2.24, 2.45) is 5.92 Å². The molecule has 2 N–H and O–H groups in total. The Morgan fingerprint density at radius 1 is 1.33 bits per heavy atom. The van der Waals surface area contributed by atoms with E-state index >= 15 is 0 Å². The number of rotatable bonds is 2. The number of hydrogen-bond donors (Lipinski definition) is 2. The average Bonchev–Trinajstić information content (AvgIpc) is 2.72. The van der Waals surface area contributed by atoms with Crippen LogP contribution in [0.2, 0.25) is 0 Å². The Bertz CT molecular complexity index is 367. The number of nitrogens with one attached hydrogen (secondary N) is 1. The standard InChI is InChI=1S/C13H20N2O3/c1-9-11(12(16)17)7-8-15(9)13(18)14-10-5-3-2-4-6-10/h2-3,9-11H,4-8H2,1H3,(H,14,18)(H,16,17). The van der Waals surface area contributed by atoms with Gasteiger partial charge < -0.3 is 15.3 Å². The first-order valence-corrected chi connectivity index (χ1v) is 6.54. The molecule has 5 heteroatoms. The number of allylic oxidation sites excluding steroid dienone is 1. The molecule has 0 saturated carbocycles. The van der Waals surface area contributed by atoms with E-state index in [0.717, 1.165) is 19.3 Å². The Kier molecular flexibility index (Phi) is 3.89. The Labute approximate surface area is 107 Å². The number of amides is 2. The summed E-state index contributed by atoms with van der Waals surface area (Å²) in [4.78, 5) is 24.7. The molecule has 2 amide bonds. The van der Waals surface area contributed by atoms with Crippen molar-refractivity contribution in [3.8, 4) is 0 Å². The van der Waals surface area contributed by atoms with Gasteiger partial charge in [0.25, 0.3) is 0 Å². The lowest BCUT2D eigenvalue weighted by Crippen LogP contribution is -2.47. The maximum Gasteiger partial charge on any atom is 0.317 e. The minimum atomic E-state index is -0.807. The second-order valence-corrected chi connectivity index (χ2v) is 5.10. The van der Waals surface area contributed by atoms with E-state index in [2.05, 4.69) is 17.5 Å². The van der Waals surface area contributed by atoms with E-state index in [4.69, 9.17) is 5.11 Å². The van der Waals surface area contributed by atoms with Gasteiger partial charge in [-0.25, -0.2) is 4.79 Å². The summed E-state index contributed by atoms with van der Waals surface area (Å²) >= 11 is 0. The van der Waals surface area contributed by atoms with Gasteiger partial charge in [-0.15, -0.1) is 0 Å². The summed E-state index contributed by atoms with van der Waals surface area (Å²) in [7, 11) is 0. The zero-order chi connectivity index (χ0) is 13.1. The highest BCUT2D eigenvalue weighted by Crippen LogP contribution is 2.24. The zero-order valence-corrected chi connectivity index (χ0v) is 10.6. The van der Waals surface area contributed by atoms with Crippen molar-refractivity contribution in [2.45, 2.75) is 44.7 Å². The van der Waals surface area contributed by atoms with Gasteiger partial charge in [-0.1, -0.05) is 12.2 Å². The number of carboxylic acids is 1. The third kappa shape index (κ3) is 2.66. The van der Waals surface area contributed by atoms with E-state index < -0.39 is 11.9 Å². The van der Waals surface area contributed by atoms with Crippen molar-refractivity contribution < 1.29 is 14.7 Å². The number of carboxylic acid groups (broad SMARTS) is 1. The van der Waals surface area contributed by atoms with Gasteiger partial charge in [0, 0.05) is 18.6 Å². The molecular formula is C13H20N2O3. The molecule has 3 unspecified atom stereocenters. The number of carbonyl (C=O) groups excluding carboxylic acids is 1. The predicted molar refractivity (Wildman–Crippen MR) is 67.2 cm³/mol. The van der Waals surface area contributed by atoms with E-state index in [1.54, 1.807) is 4.90 Å². The molecule has 2 aliphatic rings. The molecule has 1 fully saturated rings. The Hall–Kier alpha value is -1.52. The zero-order valence-electron chi connectivity index (χ0n) is 10.6. The van der Waals surface area contributed by atoms with Crippen molar-refractivity contribution in [2.75, 3.05) is 6.54 Å². The first-order valence-electron chi connectivity index (χ1n) is 6.54. The van der Waals surface area contributed by atoms with Gasteiger partial charge in [-0.05, 0) is 32.6 Å². The van der Waals surface area contributed by atoms with Crippen LogP contribution in [0.3, 0.4) is 0 Å². The largest absolute Gasteiger partial charge is 0.481 e. The molecule has 0 spiro atoms. The molecule has 0 aromatic rings. The van der Waals surface area contributed by atoms with E-state index in [1.165, 1.54) is 0 Å². The molecule has 5 nitrogen and oxygen atoms in total. The van der Waals surface area contributed by atoms with E-state index in [-0.39, 0.29) is 18.1 Å². The van der Waals surface area contributed by atoms with Gasteiger partial charge in [0.15, 0.2) is 0 Å². The lowest BCUT2D eigenvalue weighted by Gasteiger charge is -2.27. The van der Waals surface area contributed by atoms with Crippen LogP contribution in [0.25, 0.3) is 0 Å². The maximum atomic E-state index is 12.1. The number of aliphatic carboxylic acids is 1. The fourth-order valence-corrected chi connectivity index (χ4v) is 2.74. The fourth-order valence-electron chi connectivity index (χ4n) is 2.74. The first-order chi connectivity index (χ1) is 8.59. The quantitative estimate of drug-likeness (QED) is 0.733. The summed E-state index contributed by atoms with van der Waals surface area (Å²) < 4.78 is 0. The Morgan fingerprint density at radius 3 is 2.67 bits per heavy atom. The first kappa shape index (κ1) is 12.9. The molecule has 0 bridgehead atoms. The Morgan fingerprint density at radius 2 is 2.11 bits per heavy atom. The molecule has 1 aliphatic carbocycles. The van der Waals surface area contributed by atoms with Crippen LogP contribution in [-0.2, 0) is 4.79 Å². The maximum absolute atomic E-state index is 12.1. The lowest BCUT2D eigenvalue weighted by molar-refractivity contribution is -0.142. The predicted octanol–water partition coefficient (Wildman–Crippen LogP) is 1.60. The number of urea groups is 1. The van der Waals surface area contributed by atoms with Crippen LogP contribution in [0.4, 0.5) is 4.79 Å². The number of hydrogen-bond acceptors (Lipinski definition) is 2. The van der Waals surface area contributed by atoms with Crippen LogP contribution in [0.1, 0.15) is 32.6 Å². The highest BCUT2D eigenvalue weighted by Gasteiger charge is 2.38. The summed E-state index contributed by atoms with van der Waals surface area (Å²) in [6.45, 7) is 2.35. The average molecular weight is 252 g/mol. The molecule has 3 atom stereocenters. The molecule has 1 saturated heterocycles. The Balaban J connectivity index is 1.90. The molecule has 0 radical (unpaired) electrons. The summed E-state index contributed by atoms with van der Waals surface area (Å²) in [6, 6.07) is -0.147. The summed E-state index contributed by atoms with van der Waals surface area (Å²) in [5, 5.41) is 12.0. The molecule has 2 rings (SSSR count). The molecule has 1 heterocycles. The fraction of sp³-hybridized carbons (Fsp3) is 0.692. The molecule has 1 aliphatic heterocycles. The molecule has 100 valence electrons. The van der Waals surface area contributed by atoms with E-state index in [1.807, 2.05) is 6.92 Å². The smallest absolute Gasteiger partial charge is 0.317 e. The molecule has 0 aromatic heterocycles. The minimum absolute atomic E-state index is 0.119. The minimum Gasteiger partial charge on any atom is -0.481 e. The summed E-state index contributed by atoms with van der Waals surface area (Å²) in [5.74, 6) is -1.24. The monoisotopic (exact) mass is 252 g/mol. The van der Waals surface area contributed by atoms with E-state index in [0.29, 0.717) is 13.0 Å². The topological polar surface area (TPSA) is 69.6 Å². The van der Waals surface area contributed by atoms with Crippen LogP contribution in [0, 0.1) is 5.92 Å². The number of nitrogens with zero attached hydrogens (tertiary/aromatic N) is 1. The number of carbonyl (C=O) groups is 2.